The Labute approximate surface area is 191 Å². The number of nitrogens with two attached hydrogens (primary N) is 1. The largest absolute Gasteiger partial charge is 0.479 e. The molecule has 3 aromatic carbocycles. The second-order valence-corrected chi connectivity index (χ2v) is 7.60. The smallest absolute Gasteiger partial charge is 0.344 e. The lowest BCUT2D eigenvalue weighted by molar-refractivity contribution is -0.144. The molecule has 1 aromatic heterocycles. The number of hydrogen-bond donors (Lipinski definition) is 3. The van der Waals surface area contributed by atoms with E-state index in [1.54, 1.807) is 24.3 Å². The molecule has 4 aromatic rings. The van der Waals surface area contributed by atoms with E-state index in [0.29, 0.717) is 22.8 Å². The molecule has 0 saturated carbocycles. The molecule has 4 rings (SSSR count). The Morgan fingerprint density at radius 1 is 0.970 bits per heavy atom. The Hall–Kier alpha value is -3.94. The second-order valence-electron chi connectivity index (χ2n) is 7.60. The number of aliphatic hydroxyl groups excluding tert-OH is 1. The van der Waals surface area contributed by atoms with Gasteiger partial charge < -0.3 is 25.1 Å². The van der Waals surface area contributed by atoms with Gasteiger partial charge in [0.15, 0.2) is 11.9 Å². The van der Waals surface area contributed by atoms with Gasteiger partial charge in [0.2, 0.25) is 5.89 Å². The molecule has 0 bridgehead atoms. The van der Waals surface area contributed by atoms with E-state index < -0.39 is 24.2 Å². The lowest BCUT2D eigenvalue weighted by Gasteiger charge is -2.18. The first-order valence-electron chi connectivity index (χ1n) is 10.5. The van der Waals surface area contributed by atoms with Crippen LogP contribution in [0.4, 0.5) is 0 Å². The van der Waals surface area contributed by atoms with Crippen molar-refractivity contribution in [1.82, 2.24) is 4.98 Å². The molecule has 0 radical (unpaired) electrons. The monoisotopic (exact) mass is 444 g/mol. The molecule has 0 amide bonds. The summed E-state index contributed by atoms with van der Waals surface area (Å²) in [6.45, 7) is 1.43. The van der Waals surface area contributed by atoms with Gasteiger partial charge in [-0.25, -0.2) is 9.78 Å². The van der Waals surface area contributed by atoms with E-state index in [0.717, 1.165) is 11.1 Å². The molecular weight excluding hydrogens is 420 g/mol. The Balaban J connectivity index is 1.67. The fraction of sp³-hybridized carbons (Fsp3) is 0.154. The maximum absolute atomic E-state index is 11.1. The highest BCUT2D eigenvalue weighted by Crippen LogP contribution is 2.36. The zero-order valence-electron chi connectivity index (χ0n) is 18.0. The Kier molecular flexibility index (Phi) is 6.53. The molecule has 3 unspecified atom stereocenters. The number of rotatable bonds is 8. The van der Waals surface area contributed by atoms with Crippen LogP contribution in [0, 0.1) is 0 Å². The molecule has 7 nitrogen and oxygen atoms in total. The van der Waals surface area contributed by atoms with Crippen LogP contribution >= 0.6 is 0 Å². The standard InChI is InChI=1S/C26H24N2O5/c1-16(26(30)31)32-20-14-8-13-19(15-20)23(29)21(27)25-28-22(17-9-4-2-5-10-17)24(33-25)18-11-6-3-7-12-18/h2-16,21,23,29H,27H2,1H3,(H,30,31). The number of carbonyl (C=O) groups is 1. The first-order chi connectivity index (χ1) is 15.9. The zero-order chi connectivity index (χ0) is 23.4. The van der Waals surface area contributed by atoms with Crippen molar-refractivity contribution in [3.63, 3.8) is 0 Å². The van der Waals surface area contributed by atoms with Crippen LogP contribution in [-0.4, -0.2) is 27.3 Å². The number of ether oxygens (including phenoxy) is 1. The summed E-state index contributed by atoms with van der Waals surface area (Å²) in [5.41, 5.74) is 9.16. The number of nitrogens with zero attached hydrogens (tertiary/aromatic N) is 1. The maximum Gasteiger partial charge on any atom is 0.344 e. The van der Waals surface area contributed by atoms with E-state index in [1.165, 1.54) is 6.92 Å². The fourth-order valence-electron chi connectivity index (χ4n) is 3.42. The molecule has 0 fully saturated rings. The van der Waals surface area contributed by atoms with E-state index >= 15 is 0 Å². The average molecular weight is 444 g/mol. The molecule has 3 atom stereocenters. The summed E-state index contributed by atoms with van der Waals surface area (Å²) in [4.78, 5) is 15.7. The zero-order valence-corrected chi connectivity index (χ0v) is 18.0. The molecular formula is C26H24N2O5. The van der Waals surface area contributed by atoms with Gasteiger partial charge in [0.25, 0.3) is 0 Å². The normalized spacial score (nSPS) is 13.8. The Morgan fingerprint density at radius 3 is 2.24 bits per heavy atom. The van der Waals surface area contributed by atoms with Gasteiger partial charge in [-0.2, -0.15) is 0 Å². The molecule has 7 heteroatoms. The van der Waals surface area contributed by atoms with Crippen molar-refractivity contribution in [1.29, 1.82) is 0 Å². The predicted octanol–water partition coefficient (Wildman–Crippen LogP) is 4.59. The van der Waals surface area contributed by atoms with Crippen molar-refractivity contribution in [3.8, 4) is 28.3 Å². The number of hydrogen-bond acceptors (Lipinski definition) is 6. The van der Waals surface area contributed by atoms with Crippen molar-refractivity contribution < 1.29 is 24.2 Å². The van der Waals surface area contributed by atoms with Crippen molar-refractivity contribution in [2.45, 2.75) is 25.2 Å². The van der Waals surface area contributed by atoms with Crippen molar-refractivity contribution in [2.75, 3.05) is 0 Å². The van der Waals surface area contributed by atoms with E-state index in [4.69, 9.17) is 20.0 Å². The van der Waals surface area contributed by atoms with Crippen LogP contribution < -0.4 is 10.5 Å². The lowest BCUT2D eigenvalue weighted by Crippen LogP contribution is -2.23. The number of carboxylic acid groups (broad SMARTS) is 1. The fourth-order valence-corrected chi connectivity index (χ4v) is 3.42. The summed E-state index contributed by atoms with van der Waals surface area (Å²) < 4.78 is 11.5. The summed E-state index contributed by atoms with van der Waals surface area (Å²) in [6.07, 6.45) is -2.18. The summed E-state index contributed by atoms with van der Waals surface area (Å²) in [5.74, 6) is -0.0208. The number of oxazole rings is 1. The van der Waals surface area contributed by atoms with E-state index in [9.17, 15) is 9.90 Å². The van der Waals surface area contributed by atoms with Crippen LogP contribution in [0.5, 0.6) is 5.75 Å². The number of benzene rings is 3. The van der Waals surface area contributed by atoms with Crippen molar-refractivity contribution in [3.05, 3.63) is 96.4 Å². The molecule has 168 valence electrons. The quantitative estimate of drug-likeness (QED) is 0.363. The highest BCUT2D eigenvalue weighted by atomic mass is 16.5. The number of aliphatic carboxylic acids is 1. The van der Waals surface area contributed by atoms with Crippen LogP contribution in [0.25, 0.3) is 22.6 Å². The van der Waals surface area contributed by atoms with Crippen LogP contribution in [0.15, 0.2) is 89.3 Å². The van der Waals surface area contributed by atoms with Crippen LogP contribution in [0.3, 0.4) is 0 Å². The summed E-state index contributed by atoms with van der Waals surface area (Å²) in [5, 5.41) is 20.0. The van der Waals surface area contributed by atoms with Crippen molar-refractivity contribution in [2.24, 2.45) is 5.73 Å². The van der Waals surface area contributed by atoms with E-state index in [-0.39, 0.29) is 5.89 Å². The summed E-state index contributed by atoms with van der Waals surface area (Å²) in [7, 11) is 0. The van der Waals surface area contributed by atoms with E-state index in [2.05, 4.69) is 4.98 Å². The van der Waals surface area contributed by atoms with E-state index in [1.807, 2.05) is 60.7 Å². The Bertz CT molecular complexity index is 1170. The third-order valence-corrected chi connectivity index (χ3v) is 5.21. The summed E-state index contributed by atoms with van der Waals surface area (Å²) >= 11 is 0. The molecule has 0 aliphatic heterocycles. The third-order valence-electron chi connectivity index (χ3n) is 5.21. The third kappa shape index (κ3) is 4.95. The minimum Gasteiger partial charge on any atom is -0.479 e. The van der Waals surface area contributed by atoms with Gasteiger partial charge in [-0.1, -0.05) is 72.8 Å². The van der Waals surface area contributed by atoms with Gasteiger partial charge in [0, 0.05) is 11.1 Å². The molecule has 0 saturated heterocycles. The van der Waals surface area contributed by atoms with Gasteiger partial charge in [-0.05, 0) is 24.6 Å². The SMILES string of the molecule is CC(Oc1cccc(C(O)C(N)c2nc(-c3ccccc3)c(-c3ccccc3)o2)c1)C(=O)O. The van der Waals surface area contributed by atoms with Gasteiger partial charge in [0.05, 0.1) is 0 Å². The number of aliphatic hydroxyl groups is 1. The number of aromatic nitrogens is 1. The predicted molar refractivity (Wildman–Crippen MR) is 123 cm³/mol. The average Bonchev–Trinajstić information content (AvgIpc) is 3.30. The number of carboxylic acids is 1. The lowest BCUT2D eigenvalue weighted by atomic mass is 10.0. The van der Waals surface area contributed by atoms with Crippen LogP contribution in [0.2, 0.25) is 0 Å². The molecule has 0 aliphatic carbocycles. The molecule has 0 aliphatic rings. The van der Waals surface area contributed by atoms with Gasteiger partial charge in [0.1, 0.15) is 23.6 Å². The maximum atomic E-state index is 11.1. The molecule has 0 spiro atoms. The Morgan fingerprint density at radius 2 is 1.61 bits per heavy atom. The highest BCUT2D eigenvalue weighted by molar-refractivity contribution is 5.76. The van der Waals surface area contributed by atoms with Gasteiger partial charge in [-0.15, -0.1) is 0 Å². The summed E-state index contributed by atoms with van der Waals surface area (Å²) in [6, 6.07) is 24.7. The molecule has 1 heterocycles. The molecule has 4 N–H and O–H groups in total. The van der Waals surface area contributed by atoms with Gasteiger partial charge in [-0.3, -0.25) is 0 Å². The first-order valence-corrected chi connectivity index (χ1v) is 10.5. The highest BCUT2D eigenvalue weighted by Gasteiger charge is 2.27. The van der Waals surface area contributed by atoms with Crippen molar-refractivity contribution >= 4 is 5.97 Å². The topological polar surface area (TPSA) is 119 Å². The minimum absolute atomic E-state index is 0.186. The second kappa shape index (κ2) is 9.68. The van der Waals surface area contributed by atoms with Crippen LogP contribution in [0.1, 0.15) is 30.5 Å². The minimum atomic E-state index is -1.15. The first kappa shape index (κ1) is 22.3. The van der Waals surface area contributed by atoms with Gasteiger partial charge >= 0.3 is 5.97 Å². The van der Waals surface area contributed by atoms with Crippen LogP contribution in [-0.2, 0) is 4.79 Å². The molecule has 33 heavy (non-hydrogen) atoms.